The molecule has 1 aromatic carbocycles. The lowest BCUT2D eigenvalue weighted by atomic mass is 10.2. The number of carbonyl (C=O) groups excluding carboxylic acids is 1. The number of benzene rings is 1. The number of aromatic nitrogens is 5. The standard InChI is InChI=1S/C14H11N7O3S/c1-20-14(17-18-19-20)25-12-5-4-10(21(23)24)7-11(12)13(22)16-9-3-2-6-15-8-9/h2-8H,1H3,(H,16,22). The van der Waals surface area contributed by atoms with Crippen LogP contribution in [0, 0.1) is 10.1 Å². The van der Waals surface area contributed by atoms with Crippen molar-refractivity contribution in [1.82, 2.24) is 25.2 Å². The Morgan fingerprint density at radius 1 is 1.36 bits per heavy atom. The quantitative estimate of drug-likeness (QED) is 0.541. The van der Waals surface area contributed by atoms with Gasteiger partial charge in [0, 0.05) is 30.3 Å². The van der Waals surface area contributed by atoms with E-state index in [-0.39, 0.29) is 11.3 Å². The molecule has 0 fully saturated rings. The molecule has 1 N–H and O–H groups in total. The van der Waals surface area contributed by atoms with Crippen molar-refractivity contribution < 1.29 is 9.72 Å². The molecule has 0 unspecified atom stereocenters. The van der Waals surface area contributed by atoms with Gasteiger partial charge < -0.3 is 5.32 Å². The molecule has 0 aliphatic heterocycles. The van der Waals surface area contributed by atoms with Crippen molar-refractivity contribution in [3.05, 3.63) is 58.4 Å². The number of nitro groups is 1. The zero-order chi connectivity index (χ0) is 17.8. The summed E-state index contributed by atoms with van der Waals surface area (Å²) in [4.78, 5) is 27.5. The Labute approximate surface area is 145 Å². The van der Waals surface area contributed by atoms with Gasteiger partial charge in [-0.15, -0.1) is 5.10 Å². The van der Waals surface area contributed by atoms with Crippen LogP contribution in [0.1, 0.15) is 10.4 Å². The molecule has 25 heavy (non-hydrogen) atoms. The van der Waals surface area contributed by atoms with E-state index in [9.17, 15) is 14.9 Å². The van der Waals surface area contributed by atoms with Gasteiger partial charge in [0.15, 0.2) is 0 Å². The third kappa shape index (κ3) is 3.77. The molecule has 0 aliphatic rings. The molecule has 126 valence electrons. The Morgan fingerprint density at radius 2 is 2.20 bits per heavy atom. The van der Waals surface area contributed by atoms with Crippen molar-refractivity contribution in [1.29, 1.82) is 0 Å². The van der Waals surface area contributed by atoms with Gasteiger partial charge in [0.05, 0.1) is 22.4 Å². The molecule has 0 radical (unpaired) electrons. The van der Waals surface area contributed by atoms with Crippen LogP contribution in [0.4, 0.5) is 11.4 Å². The second kappa shape index (κ2) is 7.05. The normalized spacial score (nSPS) is 10.4. The summed E-state index contributed by atoms with van der Waals surface area (Å²) in [6.07, 6.45) is 3.06. The van der Waals surface area contributed by atoms with E-state index < -0.39 is 10.8 Å². The van der Waals surface area contributed by atoms with Crippen molar-refractivity contribution in [2.45, 2.75) is 10.1 Å². The van der Waals surface area contributed by atoms with Crippen molar-refractivity contribution in [2.75, 3.05) is 5.32 Å². The van der Waals surface area contributed by atoms with Crippen LogP contribution in [0.25, 0.3) is 0 Å². The number of hydrogen-bond acceptors (Lipinski definition) is 8. The highest BCUT2D eigenvalue weighted by Gasteiger charge is 2.19. The molecule has 1 amide bonds. The minimum absolute atomic E-state index is 0.144. The molecule has 0 atom stereocenters. The van der Waals surface area contributed by atoms with Gasteiger partial charge in [-0.3, -0.25) is 19.9 Å². The third-order valence-corrected chi connectivity index (χ3v) is 4.22. The number of amides is 1. The predicted molar refractivity (Wildman–Crippen MR) is 88.2 cm³/mol. The van der Waals surface area contributed by atoms with E-state index in [1.165, 1.54) is 29.1 Å². The van der Waals surface area contributed by atoms with E-state index in [1.54, 1.807) is 25.4 Å². The molecule has 0 aliphatic carbocycles. The third-order valence-electron chi connectivity index (χ3n) is 3.12. The second-order valence-corrected chi connectivity index (χ2v) is 5.83. The Bertz CT molecular complexity index is 929. The van der Waals surface area contributed by atoms with Crippen molar-refractivity contribution in [2.24, 2.45) is 7.05 Å². The summed E-state index contributed by atoms with van der Waals surface area (Å²) in [7, 11) is 1.66. The molecule has 3 aromatic rings. The molecule has 3 rings (SSSR count). The van der Waals surface area contributed by atoms with Gasteiger partial charge in [0.2, 0.25) is 5.16 Å². The maximum Gasteiger partial charge on any atom is 0.270 e. The summed E-state index contributed by atoms with van der Waals surface area (Å²) in [5.74, 6) is -0.491. The highest BCUT2D eigenvalue weighted by atomic mass is 32.2. The smallest absolute Gasteiger partial charge is 0.270 e. The summed E-state index contributed by atoms with van der Waals surface area (Å²) in [5.41, 5.74) is 0.443. The van der Waals surface area contributed by atoms with Gasteiger partial charge in [-0.2, -0.15) is 0 Å². The summed E-state index contributed by atoms with van der Waals surface area (Å²) in [5, 5.41) is 25.2. The molecule has 0 saturated heterocycles. The second-order valence-electron chi connectivity index (χ2n) is 4.82. The van der Waals surface area contributed by atoms with Gasteiger partial charge in [-0.1, -0.05) is 0 Å². The lowest BCUT2D eigenvalue weighted by Crippen LogP contribution is -2.13. The average molecular weight is 357 g/mol. The van der Waals surface area contributed by atoms with Gasteiger partial charge in [-0.05, 0) is 40.4 Å². The predicted octanol–water partition coefficient (Wildman–Crippen LogP) is 1.92. The molecule has 2 aromatic heterocycles. The van der Waals surface area contributed by atoms with Crippen LogP contribution in [-0.4, -0.2) is 36.0 Å². The molecular formula is C14H11N7O3S. The van der Waals surface area contributed by atoms with Crippen LogP contribution in [0.5, 0.6) is 0 Å². The first kappa shape index (κ1) is 16.5. The molecular weight excluding hydrogens is 346 g/mol. The summed E-state index contributed by atoms with van der Waals surface area (Å²) < 4.78 is 1.44. The number of rotatable bonds is 5. The number of nitrogens with one attached hydrogen (secondary N) is 1. The topological polar surface area (TPSA) is 129 Å². The fourth-order valence-electron chi connectivity index (χ4n) is 1.94. The van der Waals surface area contributed by atoms with Crippen molar-refractivity contribution >= 4 is 29.0 Å². The number of anilines is 1. The van der Waals surface area contributed by atoms with Crippen LogP contribution < -0.4 is 5.32 Å². The monoisotopic (exact) mass is 357 g/mol. The Morgan fingerprint density at radius 3 is 2.84 bits per heavy atom. The first-order chi connectivity index (χ1) is 12.0. The molecule has 2 heterocycles. The number of aryl methyl sites for hydroxylation is 1. The maximum absolute atomic E-state index is 12.6. The van der Waals surface area contributed by atoms with Gasteiger partial charge >= 0.3 is 0 Å². The SMILES string of the molecule is Cn1nnnc1Sc1ccc([N+](=O)[O-])cc1C(=O)Nc1cccnc1. The molecule has 11 heteroatoms. The number of nitrogens with zero attached hydrogens (tertiary/aromatic N) is 6. The van der Waals surface area contributed by atoms with E-state index in [0.29, 0.717) is 15.7 Å². The fraction of sp³-hybridized carbons (Fsp3) is 0.0714. The fourth-order valence-corrected chi connectivity index (χ4v) is 2.78. The zero-order valence-corrected chi connectivity index (χ0v) is 13.7. The highest BCUT2D eigenvalue weighted by molar-refractivity contribution is 7.99. The minimum atomic E-state index is -0.556. The van der Waals surface area contributed by atoms with E-state index in [0.717, 1.165) is 11.8 Å². The number of pyridine rings is 1. The lowest BCUT2D eigenvalue weighted by molar-refractivity contribution is -0.384. The van der Waals surface area contributed by atoms with Crippen molar-refractivity contribution in [3.8, 4) is 0 Å². The Hall–Kier alpha value is -3.34. The van der Waals surface area contributed by atoms with Gasteiger partial charge in [-0.25, -0.2) is 4.68 Å². The largest absolute Gasteiger partial charge is 0.321 e. The number of carbonyl (C=O) groups is 1. The lowest BCUT2D eigenvalue weighted by Gasteiger charge is -2.09. The maximum atomic E-state index is 12.6. The minimum Gasteiger partial charge on any atom is -0.321 e. The van der Waals surface area contributed by atoms with E-state index in [2.05, 4.69) is 25.8 Å². The van der Waals surface area contributed by atoms with E-state index in [1.807, 2.05) is 0 Å². The summed E-state index contributed by atoms with van der Waals surface area (Å²) >= 11 is 1.13. The highest BCUT2D eigenvalue weighted by Crippen LogP contribution is 2.31. The number of tetrazole rings is 1. The van der Waals surface area contributed by atoms with Gasteiger partial charge in [0.1, 0.15) is 0 Å². The number of nitro benzene ring substituents is 1. The summed E-state index contributed by atoms with van der Waals surface area (Å²) in [6, 6.07) is 7.38. The number of hydrogen-bond donors (Lipinski definition) is 1. The van der Waals surface area contributed by atoms with E-state index in [4.69, 9.17) is 0 Å². The van der Waals surface area contributed by atoms with Crippen LogP contribution >= 0.6 is 11.8 Å². The van der Waals surface area contributed by atoms with Crippen molar-refractivity contribution in [3.63, 3.8) is 0 Å². The van der Waals surface area contributed by atoms with Crippen LogP contribution in [-0.2, 0) is 7.05 Å². The Kier molecular flexibility index (Phi) is 4.66. The summed E-state index contributed by atoms with van der Waals surface area (Å²) in [6.45, 7) is 0. The molecule has 0 bridgehead atoms. The Balaban J connectivity index is 1.96. The zero-order valence-electron chi connectivity index (χ0n) is 12.9. The van der Waals surface area contributed by atoms with Crippen LogP contribution in [0.15, 0.2) is 52.8 Å². The van der Waals surface area contributed by atoms with Gasteiger partial charge in [0.25, 0.3) is 11.6 Å². The first-order valence-corrected chi connectivity index (χ1v) is 7.76. The first-order valence-electron chi connectivity index (χ1n) is 6.94. The average Bonchev–Trinajstić information content (AvgIpc) is 3.00. The molecule has 0 saturated carbocycles. The van der Waals surface area contributed by atoms with E-state index >= 15 is 0 Å². The molecule has 0 spiro atoms. The van der Waals surface area contributed by atoms with Crippen LogP contribution in [0.2, 0.25) is 0 Å². The molecule has 10 nitrogen and oxygen atoms in total. The number of non-ortho nitro benzene ring substituents is 1. The van der Waals surface area contributed by atoms with Crippen LogP contribution in [0.3, 0.4) is 0 Å².